The average molecular weight is 330 g/mol. The van der Waals surface area contributed by atoms with E-state index in [1.54, 1.807) is 0 Å². The zero-order chi connectivity index (χ0) is 17.5. The summed E-state index contributed by atoms with van der Waals surface area (Å²) in [5, 5.41) is 12.3. The number of methoxy groups -OCH3 is 1. The van der Waals surface area contributed by atoms with Crippen LogP contribution in [0.25, 0.3) is 0 Å². The quantitative estimate of drug-likeness (QED) is 0.790. The highest BCUT2D eigenvalue weighted by molar-refractivity contribution is 6.04. The van der Waals surface area contributed by atoms with Gasteiger partial charge in [-0.1, -0.05) is 6.92 Å². The molecule has 7 heteroatoms. The number of carbonyl (C=O) groups excluding carboxylic acids is 2. The van der Waals surface area contributed by atoms with Crippen LogP contribution in [0.2, 0.25) is 0 Å². The summed E-state index contributed by atoms with van der Waals surface area (Å²) in [7, 11) is 1.28. The molecule has 2 N–H and O–H groups in total. The zero-order valence-corrected chi connectivity index (χ0v) is 13.4. The van der Waals surface area contributed by atoms with Gasteiger partial charge in [-0.2, -0.15) is 0 Å². The highest BCUT2D eigenvalue weighted by Gasteiger charge is 2.11. The zero-order valence-electron chi connectivity index (χ0n) is 13.4. The number of esters is 1. The molecule has 0 radical (unpaired) electrons. The molecule has 2 rings (SSSR count). The third kappa shape index (κ3) is 4.45. The highest BCUT2D eigenvalue weighted by atomic mass is 16.5. The second kappa shape index (κ2) is 7.96. The summed E-state index contributed by atoms with van der Waals surface area (Å²) in [6.07, 6.45) is 2.12. The first kappa shape index (κ1) is 17.3. The topological polar surface area (TPSA) is 97.8 Å². The van der Waals surface area contributed by atoms with Crippen molar-refractivity contribution in [2.45, 2.75) is 13.3 Å². The monoisotopic (exact) mass is 330 g/mol. The maximum Gasteiger partial charge on any atom is 0.339 e. The summed E-state index contributed by atoms with van der Waals surface area (Å²) in [6, 6.07) is 7.29. The summed E-state index contributed by atoms with van der Waals surface area (Å²) >= 11 is 0. The largest absolute Gasteiger partial charge is 0.508 e. The van der Waals surface area contributed by atoms with Gasteiger partial charge in [0.2, 0.25) is 0 Å². The minimum absolute atomic E-state index is 0.0669. The smallest absolute Gasteiger partial charge is 0.339 e. The van der Waals surface area contributed by atoms with Gasteiger partial charge in [-0.3, -0.25) is 4.79 Å². The molecule has 126 valence electrons. The number of carbonyl (C=O) groups is 2. The number of rotatable bonds is 6. The number of hydrogen-bond acceptors (Lipinski definition) is 6. The molecule has 0 aliphatic carbocycles. The van der Waals surface area contributed by atoms with Crippen LogP contribution in [-0.4, -0.2) is 35.7 Å². The van der Waals surface area contributed by atoms with Crippen LogP contribution in [0.3, 0.4) is 0 Å². The molecule has 0 aliphatic rings. The number of benzene rings is 1. The number of phenols is 1. The molecule has 1 aromatic carbocycles. The maximum atomic E-state index is 12.3. The lowest BCUT2D eigenvalue weighted by Gasteiger charge is -2.09. The summed E-state index contributed by atoms with van der Waals surface area (Å²) in [5.74, 6) is -0.345. The molecule has 7 nitrogen and oxygen atoms in total. The molecule has 0 fully saturated rings. The van der Waals surface area contributed by atoms with Gasteiger partial charge in [0, 0.05) is 17.8 Å². The summed E-state index contributed by atoms with van der Waals surface area (Å²) < 4.78 is 10.0. The van der Waals surface area contributed by atoms with Gasteiger partial charge in [0.25, 0.3) is 5.91 Å². The van der Waals surface area contributed by atoms with Crippen molar-refractivity contribution in [1.82, 2.24) is 4.98 Å². The Morgan fingerprint density at radius 2 is 2.00 bits per heavy atom. The molecular weight excluding hydrogens is 312 g/mol. The molecule has 0 unspecified atom stereocenters. The molecule has 2 aromatic rings. The number of anilines is 1. The fourth-order valence-corrected chi connectivity index (χ4v) is 1.91. The molecule has 24 heavy (non-hydrogen) atoms. The predicted molar refractivity (Wildman–Crippen MR) is 87.4 cm³/mol. The normalized spacial score (nSPS) is 10.1. The Morgan fingerprint density at radius 1 is 1.21 bits per heavy atom. The van der Waals surface area contributed by atoms with E-state index in [-0.39, 0.29) is 22.7 Å². The number of aromatic hydroxyl groups is 1. The molecular formula is C17H18N2O5. The van der Waals surface area contributed by atoms with Crippen molar-refractivity contribution in [1.29, 1.82) is 0 Å². The van der Waals surface area contributed by atoms with Crippen molar-refractivity contribution in [3.63, 3.8) is 0 Å². The number of nitrogens with zero attached hydrogens (tertiary/aromatic N) is 1. The molecule has 1 aromatic heterocycles. The predicted octanol–water partition coefficient (Wildman–Crippen LogP) is 2.61. The van der Waals surface area contributed by atoms with E-state index in [4.69, 9.17) is 4.74 Å². The van der Waals surface area contributed by atoms with Crippen molar-refractivity contribution in [2.75, 3.05) is 19.0 Å². The third-order valence-corrected chi connectivity index (χ3v) is 3.05. The standard InChI is InChI=1S/C17H18N2O5/c1-3-6-24-14-8-12(7-13(20)9-14)16(21)19-15-5-4-11(10-18-15)17(22)23-2/h4-5,7-10,20H,3,6H2,1-2H3,(H,18,19,21). The van der Waals surface area contributed by atoms with Gasteiger partial charge in [0.05, 0.1) is 19.3 Å². The first-order valence-electron chi connectivity index (χ1n) is 7.36. The van der Waals surface area contributed by atoms with Crippen LogP contribution in [0.15, 0.2) is 36.5 Å². The summed E-state index contributed by atoms with van der Waals surface area (Å²) in [4.78, 5) is 27.6. The van der Waals surface area contributed by atoms with E-state index in [0.717, 1.165) is 6.42 Å². The third-order valence-electron chi connectivity index (χ3n) is 3.05. The van der Waals surface area contributed by atoms with Gasteiger partial charge >= 0.3 is 5.97 Å². The Labute approximate surface area is 139 Å². The van der Waals surface area contributed by atoms with Crippen molar-refractivity contribution in [3.8, 4) is 11.5 Å². The van der Waals surface area contributed by atoms with Crippen LogP contribution in [-0.2, 0) is 4.74 Å². The molecule has 0 saturated carbocycles. The van der Waals surface area contributed by atoms with E-state index in [2.05, 4.69) is 15.0 Å². The molecule has 1 amide bonds. The number of amides is 1. The fraction of sp³-hybridized carbons (Fsp3) is 0.235. The molecule has 1 heterocycles. The molecule has 0 atom stereocenters. The highest BCUT2D eigenvalue weighted by Crippen LogP contribution is 2.22. The number of aromatic nitrogens is 1. The van der Waals surface area contributed by atoms with Crippen molar-refractivity contribution in [3.05, 3.63) is 47.7 Å². The first-order valence-corrected chi connectivity index (χ1v) is 7.36. The number of phenolic OH excluding ortho intramolecular Hbond substituents is 1. The SMILES string of the molecule is CCCOc1cc(O)cc(C(=O)Nc2ccc(C(=O)OC)cn2)c1. The van der Waals surface area contributed by atoms with Crippen molar-refractivity contribution in [2.24, 2.45) is 0 Å². The van der Waals surface area contributed by atoms with Crippen LogP contribution in [0.5, 0.6) is 11.5 Å². The van der Waals surface area contributed by atoms with E-state index >= 15 is 0 Å². The van der Waals surface area contributed by atoms with Gasteiger partial charge in [-0.05, 0) is 30.7 Å². The van der Waals surface area contributed by atoms with Crippen molar-refractivity contribution >= 4 is 17.7 Å². The summed E-state index contributed by atoms with van der Waals surface area (Å²) in [5.41, 5.74) is 0.517. The van der Waals surface area contributed by atoms with E-state index in [9.17, 15) is 14.7 Å². The van der Waals surface area contributed by atoms with Crippen LogP contribution >= 0.6 is 0 Å². The Bertz CT molecular complexity index is 728. The van der Waals surface area contributed by atoms with E-state index < -0.39 is 11.9 Å². The molecule has 0 spiro atoms. The Kier molecular flexibility index (Phi) is 5.73. The van der Waals surface area contributed by atoms with Crippen LogP contribution < -0.4 is 10.1 Å². The number of pyridine rings is 1. The van der Waals surface area contributed by atoms with Crippen LogP contribution in [0.4, 0.5) is 5.82 Å². The lowest BCUT2D eigenvalue weighted by molar-refractivity contribution is 0.0600. The number of nitrogens with one attached hydrogen (secondary N) is 1. The van der Waals surface area contributed by atoms with Gasteiger partial charge in [0.1, 0.15) is 17.3 Å². The van der Waals surface area contributed by atoms with Gasteiger partial charge < -0.3 is 19.9 Å². The lowest BCUT2D eigenvalue weighted by atomic mass is 10.2. The van der Waals surface area contributed by atoms with E-state index in [1.807, 2.05) is 6.92 Å². The Balaban J connectivity index is 2.11. The number of hydrogen-bond donors (Lipinski definition) is 2. The molecule has 0 bridgehead atoms. The van der Waals surface area contributed by atoms with Crippen LogP contribution in [0.1, 0.15) is 34.1 Å². The van der Waals surface area contributed by atoms with Crippen LogP contribution in [0, 0.1) is 0 Å². The molecule has 0 saturated heterocycles. The van der Waals surface area contributed by atoms with E-state index in [0.29, 0.717) is 12.4 Å². The van der Waals surface area contributed by atoms with Gasteiger partial charge in [-0.25, -0.2) is 9.78 Å². The number of ether oxygens (including phenoxy) is 2. The molecule has 0 aliphatic heterocycles. The van der Waals surface area contributed by atoms with E-state index in [1.165, 1.54) is 43.6 Å². The van der Waals surface area contributed by atoms with Crippen molar-refractivity contribution < 1.29 is 24.2 Å². The first-order chi connectivity index (χ1) is 11.5. The van der Waals surface area contributed by atoms with Gasteiger partial charge in [0.15, 0.2) is 0 Å². The lowest BCUT2D eigenvalue weighted by Crippen LogP contribution is -2.13. The Morgan fingerprint density at radius 3 is 2.62 bits per heavy atom. The average Bonchev–Trinajstić information content (AvgIpc) is 2.59. The fourth-order valence-electron chi connectivity index (χ4n) is 1.91. The summed E-state index contributed by atoms with van der Waals surface area (Å²) in [6.45, 7) is 2.45. The second-order valence-corrected chi connectivity index (χ2v) is 4.94. The maximum absolute atomic E-state index is 12.3. The Hall–Kier alpha value is -3.09. The minimum atomic E-state index is -0.508. The minimum Gasteiger partial charge on any atom is -0.508 e. The van der Waals surface area contributed by atoms with Gasteiger partial charge in [-0.15, -0.1) is 0 Å². The second-order valence-electron chi connectivity index (χ2n) is 4.94.